The fraction of sp³-hybridized carbons (Fsp3) is 0.368. The van der Waals surface area contributed by atoms with E-state index < -0.39 is 5.69 Å². The number of benzene rings is 1. The van der Waals surface area contributed by atoms with Gasteiger partial charge in [0, 0.05) is 32.7 Å². The number of methoxy groups -OCH3 is 1. The first-order valence-corrected chi connectivity index (χ1v) is 10.3. The van der Waals surface area contributed by atoms with Crippen molar-refractivity contribution in [3.05, 3.63) is 57.6 Å². The maximum absolute atomic E-state index is 13.9. The first kappa shape index (κ1) is 20.2. The summed E-state index contributed by atoms with van der Waals surface area (Å²) >= 11 is 1.37. The molecule has 1 aliphatic heterocycles. The van der Waals surface area contributed by atoms with Gasteiger partial charge in [0.05, 0.1) is 7.11 Å². The first-order valence-electron chi connectivity index (χ1n) is 9.44. The number of tetrazole rings is 1. The van der Waals surface area contributed by atoms with E-state index in [1.807, 2.05) is 17.5 Å². The molecule has 2 aromatic heterocycles. The van der Waals surface area contributed by atoms with Gasteiger partial charge in [-0.05, 0) is 45.6 Å². The molecule has 0 saturated carbocycles. The second-order valence-electron chi connectivity index (χ2n) is 6.91. The molecule has 0 spiro atoms. The van der Waals surface area contributed by atoms with Crippen LogP contribution in [0.2, 0.25) is 0 Å². The van der Waals surface area contributed by atoms with Crippen molar-refractivity contribution < 1.29 is 13.9 Å². The number of halogens is 1. The average Bonchev–Trinajstić information content (AvgIpc) is 3.39. The number of nitrogens with zero attached hydrogens (tertiary/aromatic N) is 6. The molecule has 158 valence electrons. The molecular weight excluding hydrogens is 411 g/mol. The average molecular weight is 432 g/mol. The van der Waals surface area contributed by atoms with E-state index in [1.165, 1.54) is 29.2 Å². The van der Waals surface area contributed by atoms with Gasteiger partial charge in [-0.3, -0.25) is 9.69 Å². The van der Waals surface area contributed by atoms with E-state index in [1.54, 1.807) is 17.0 Å². The molecule has 0 unspecified atom stereocenters. The zero-order chi connectivity index (χ0) is 21.1. The number of carbonyl (C=O) groups excluding carboxylic acids is 1. The van der Waals surface area contributed by atoms with Gasteiger partial charge < -0.3 is 9.64 Å². The summed E-state index contributed by atoms with van der Waals surface area (Å²) in [5.74, 6) is -0.337. The van der Waals surface area contributed by atoms with Crippen molar-refractivity contribution in [1.82, 2.24) is 29.6 Å². The van der Waals surface area contributed by atoms with Gasteiger partial charge in [-0.25, -0.2) is 9.18 Å². The third-order valence-corrected chi connectivity index (χ3v) is 5.83. The quantitative estimate of drug-likeness (QED) is 0.577. The Bertz CT molecular complexity index is 1070. The highest BCUT2D eigenvalue weighted by molar-refractivity contribution is 7.12. The molecule has 9 nitrogen and oxygen atoms in total. The third-order valence-electron chi connectivity index (χ3n) is 4.99. The predicted molar refractivity (Wildman–Crippen MR) is 108 cm³/mol. The van der Waals surface area contributed by atoms with Crippen molar-refractivity contribution in [2.45, 2.75) is 13.1 Å². The van der Waals surface area contributed by atoms with E-state index in [0.29, 0.717) is 37.7 Å². The number of piperazine rings is 1. The van der Waals surface area contributed by atoms with Crippen LogP contribution >= 0.6 is 11.3 Å². The lowest BCUT2D eigenvalue weighted by molar-refractivity contribution is -0.133. The number of rotatable bonds is 6. The third kappa shape index (κ3) is 4.26. The first-order chi connectivity index (χ1) is 14.5. The van der Waals surface area contributed by atoms with Gasteiger partial charge in [-0.1, -0.05) is 6.07 Å². The molecule has 3 aromatic rings. The molecule has 0 aliphatic carbocycles. The lowest BCUT2D eigenvalue weighted by Gasteiger charge is -2.34. The number of thiophene rings is 1. The minimum Gasteiger partial charge on any atom is -0.494 e. The van der Waals surface area contributed by atoms with Crippen LogP contribution < -0.4 is 10.4 Å². The number of aromatic nitrogens is 4. The molecule has 0 atom stereocenters. The van der Waals surface area contributed by atoms with Gasteiger partial charge >= 0.3 is 5.69 Å². The second-order valence-corrected chi connectivity index (χ2v) is 7.83. The highest BCUT2D eigenvalue weighted by atomic mass is 32.1. The van der Waals surface area contributed by atoms with Gasteiger partial charge in [0.2, 0.25) is 5.91 Å². The molecule has 4 rings (SSSR count). The SMILES string of the molecule is COc1ccc(CN2CCN(C(=O)Cn3nnn(-c4cccs4)c3=O)CC2)cc1F. The summed E-state index contributed by atoms with van der Waals surface area (Å²) in [5.41, 5.74) is 0.413. The molecule has 0 radical (unpaired) electrons. The van der Waals surface area contributed by atoms with E-state index in [-0.39, 0.29) is 24.0 Å². The molecule has 11 heteroatoms. The van der Waals surface area contributed by atoms with Crippen molar-refractivity contribution >= 4 is 17.2 Å². The van der Waals surface area contributed by atoms with Crippen LogP contribution in [0.5, 0.6) is 5.75 Å². The fourth-order valence-corrected chi connectivity index (χ4v) is 4.02. The molecule has 1 aromatic carbocycles. The van der Waals surface area contributed by atoms with Crippen LogP contribution in [0.25, 0.3) is 5.00 Å². The van der Waals surface area contributed by atoms with Crippen LogP contribution in [-0.4, -0.2) is 68.8 Å². The Morgan fingerprint density at radius 1 is 1.20 bits per heavy atom. The summed E-state index contributed by atoms with van der Waals surface area (Å²) in [7, 11) is 1.44. The topological polar surface area (TPSA) is 85.5 Å². The number of ether oxygens (including phenoxy) is 1. The van der Waals surface area contributed by atoms with Crippen LogP contribution in [-0.2, 0) is 17.9 Å². The van der Waals surface area contributed by atoms with E-state index in [2.05, 4.69) is 15.3 Å². The molecule has 1 amide bonds. The number of amides is 1. The highest BCUT2D eigenvalue weighted by Crippen LogP contribution is 2.19. The summed E-state index contributed by atoms with van der Waals surface area (Å²) < 4.78 is 21.1. The maximum Gasteiger partial charge on any atom is 0.369 e. The van der Waals surface area contributed by atoms with Crippen molar-refractivity contribution in [3.8, 4) is 10.8 Å². The zero-order valence-electron chi connectivity index (χ0n) is 16.4. The molecule has 3 heterocycles. The lowest BCUT2D eigenvalue weighted by Crippen LogP contribution is -2.49. The highest BCUT2D eigenvalue weighted by Gasteiger charge is 2.23. The number of carbonyl (C=O) groups is 1. The van der Waals surface area contributed by atoms with Crippen LogP contribution in [0, 0.1) is 5.82 Å². The number of hydrogen-bond acceptors (Lipinski definition) is 7. The van der Waals surface area contributed by atoms with Crippen molar-refractivity contribution in [2.75, 3.05) is 33.3 Å². The van der Waals surface area contributed by atoms with E-state index in [4.69, 9.17) is 4.74 Å². The fourth-order valence-electron chi connectivity index (χ4n) is 3.35. The predicted octanol–water partition coefficient (Wildman–Crippen LogP) is 0.983. The van der Waals surface area contributed by atoms with Gasteiger partial charge in [0.15, 0.2) is 11.6 Å². The molecule has 1 saturated heterocycles. The van der Waals surface area contributed by atoms with Crippen LogP contribution in [0.15, 0.2) is 40.5 Å². The minimum absolute atomic E-state index is 0.145. The Morgan fingerprint density at radius 3 is 2.67 bits per heavy atom. The second kappa shape index (κ2) is 8.76. The summed E-state index contributed by atoms with van der Waals surface area (Å²) in [6.07, 6.45) is 0. The minimum atomic E-state index is -0.439. The van der Waals surface area contributed by atoms with Gasteiger partial charge in [-0.2, -0.15) is 9.36 Å². The largest absolute Gasteiger partial charge is 0.494 e. The van der Waals surface area contributed by atoms with E-state index in [0.717, 1.165) is 10.2 Å². The Labute approximate surface area is 175 Å². The number of hydrogen-bond donors (Lipinski definition) is 0. The van der Waals surface area contributed by atoms with Crippen molar-refractivity contribution in [3.63, 3.8) is 0 Å². The van der Waals surface area contributed by atoms with Gasteiger partial charge in [0.25, 0.3) is 0 Å². The summed E-state index contributed by atoms with van der Waals surface area (Å²) in [6, 6.07) is 8.51. The Kier molecular flexibility index (Phi) is 5.91. The maximum atomic E-state index is 13.9. The smallest absolute Gasteiger partial charge is 0.369 e. The Balaban J connectivity index is 1.32. The Hall–Kier alpha value is -3.05. The van der Waals surface area contributed by atoms with E-state index >= 15 is 0 Å². The van der Waals surface area contributed by atoms with E-state index in [9.17, 15) is 14.0 Å². The summed E-state index contributed by atoms with van der Waals surface area (Å²) in [4.78, 5) is 28.9. The monoisotopic (exact) mass is 432 g/mol. The van der Waals surface area contributed by atoms with Gasteiger partial charge in [0.1, 0.15) is 11.5 Å². The van der Waals surface area contributed by atoms with Gasteiger partial charge in [-0.15, -0.1) is 11.3 Å². The normalized spacial score (nSPS) is 14.8. The van der Waals surface area contributed by atoms with Crippen molar-refractivity contribution in [2.24, 2.45) is 0 Å². The molecule has 1 aliphatic rings. The van der Waals surface area contributed by atoms with Crippen LogP contribution in [0.4, 0.5) is 4.39 Å². The summed E-state index contributed by atoms with van der Waals surface area (Å²) in [5, 5.41) is 10.2. The molecule has 1 fully saturated rings. The zero-order valence-corrected chi connectivity index (χ0v) is 17.2. The summed E-state index contributed by atoms with van der Waals surface area (Å²) in [6.45, 7) is 2.84. The molecule has 30 heavy (non-hydrogen) atoms. The Morgan fingerprint density at radius 2 is 2.00 bits per heavy atom. The molecule has 0 N–H and O–H groups in total. The molecular formula is C19H21FN6O3S. The van der Waals surface area contributed by atoms with Crippen molar-refractivity contribution in [1.29, 1.82) is 0 Å². The van der Waals surface area contributed by atoms with Crippen LogP contribution in [0.3, 0.4) is 0 Å². The standard InChI is InChI=1S/C19H21FN6O3S/c1-29-16-5-4-14(11-15(16)20)12-23-6-8-24(9-7-23)17(27)13-25-19(28)26(22-21-25)18-3-2-10-30-18/h2-5,10-11H,6-9,12-13H2,1H3. The lowest BCUT2D eigenvalue weighted by atomic mass is 10.2. The molecule has 0 bridgehead atoms. The van der Waals surface area contributed by atoms with Crippen LogP contribution in [0.1, 0.15) is 5.56 Å².